The Labute approximate surface area is 159 Å². The van der Waals surface area contributed by atoms with Crippen LogP contribution in [0.15, 0.2) is 71.3 Å². The van der Waals surface area contributed by atoms with Gasteiger partial charge in [0.1, 0.15) is 11.2 Å². The number of nitrogens with one attached hydrogen (secondary N) is 1. The highest BCUT2D eigenvalue weighted by atomic mass is 32.2. The van der Waals surface area contributed by atoms with Crippen LogP contribution in [0, 0.1) is 5.82 Å². The van der Waals surface area contributed by atoms with E-state index < -0.39 is 5.82 Å². The third-order valence-electron chi connectivity index (χ3n) is 4.18. The molecule has 0 spiro atoms. The number of carbonyl (C=O) groups is 2. The number of furan rings is 1. The van der Waals surface area contributed by atoms with Crippen molar-refractivity contribution in [3.8, 4) is 0 Å². The van der Waals surface area contributed by atoms with Gasteiger partial charge in [-0.2, -0.15) is 0 Å². The smallest absolute Gasteiger partial charge is 0.291 e. The first-order valence-electron chi connectivity index (χ1n) is 8.26. The normalized spacial score (nSPS) is 16.6. The van der Waals surface area contributed by atoms with Crippen molar-refractivity contribution >= 4 is 35.0 Å². The maximum absolute atomic E-state index is 14.2. The second kappa shape index (κ2) is 7.28. The first-order chi connectivity index (χ1) is 13.1. The van der Waals surface area contributed by atoms with E-state index in [2.05, 4.69) is 5.32 Å². The highest BCUT2D eigenvalue weighted by Gasteiger charge is 2.35. The second-order valence-corrected chi connectivity index (χ2v) is 7.00. The Kier molecular flexibility index (Phi) is 4.68. The van der Waals surface area contributed by atoms with Crippen LogP contribution in [0.25, 0.3) is 0 Å². The number of thioether (sulfide) groups is 1. The highest BCUT2D eigenvalue weighted by molar-refractivity contribution is 8.00. The van der Waals surface area contributed by atoms with Gasteiger partial charge in [-0.15, -0.1) is 11.8 Å². The summed E-state index contributed by atoms with van der Waals surface area (Å²) in [5.74, 6) is -0.394. The minimum Gasteiger partial charge on any atom is -0.459 e. The molecule has 3 aromatic rings. The molecule has 0 saturated carbocycles. The summed E-state index contributed by atoms with van der Waals surface area (Å²) in [5, 5.41) is 2.43. The molecule has 1 aliphatic rings. The van der Waals surface area contributed by atoms with E-state index in [4.69, 9.17) is 4.42 Å². The lowest BCUT2D eigenvalue weighted by Gasteiger charge is -2.24. The van der Waals surface area contributed by atoms with Crippen LogP contribution in [0.5, 0.6) is 0 Å². The number of nitrogens with zero attached hydrogens (tertiary/aromatic N) is 1. The van der Waals surface area contributed by atoms with Gasteiger partial charge in [0.2, 0.25) is 5.91 Å². The van der Waals surface area contributed by atoms with Crippen molar-refractivity contribution in [3.05, 3.63) is 84.1 Å². The Bertz CT molecular complexity index is 973. The Hall–Kier alpha value is -3.06. The molecule has 4 rings (SSSR count). The zero-order chi connectivity index (χ0) is 18.8. The summed E-state index contributed by atoms with van der Waals surface area (Å²) in [6.45, 7) is 0. The van der Waals surface area contributed by atoms with Crippen LogP contribution in [0.2, 0.25) is 0 Å². The Morgan fingerprint density at radius 3 is 2.59 bits per heavy atom. The number of hydrogen-bond acceptors (Lipinski definition) is 4. The van der Waals surface area contributed by atoms with E-state index in [-0.39, 0.29) is 34.4 Å². The summed E-state index contributed by atoms with van der Waals surface area (Å²) in [7, 11) is 0. The van der Waals surface area contributed by atoms with Crippen LogP contribution in [0.4, 0.5) is 15.8 Å². The van der Waals surface area contributed by atoms with Crippen molar-refractivity contribution in [1.82, 2.24) is 0 Å². The SMILES string of the molecule is O=C(Nc1ccc([C@@H]2SCC(=O)N2c2ccccc2F)cc1)c1ccco1. The van der Waals surface area contributed by atoms with E-state index in [1.54, 1.807) is 42.5 Å². The van der Waals surface area contributed by atoms with Gasteiger partial charge in [0, 0.05) is 5.69 Å². The summed E-state index contributed by atoms with van der Waals surface area (Å²) in [4.78, 5) is 25.8. The fourth-order valence-electron chi connectivity index (χ4n) is 2.91. The highest BCUT2D eigenvalue weighted by Crippen LogP contribution is 2.42. The van der Waals surface area contributed by atoms with Crippen LogP contribution >= 0.6 is 11.8 Å². The van der Waals surface area contributed by atoms with Crippen molar-refractivity contribution < 1.29 is 18.4 Å². The predicted molar refractivity (Wildman–Crippen MR) is 102 cm³/mol. The number of para-hydroxylation sites is 1. The lowest BCUT2D eigenvalue weighted by Crippen LogP contribution is -2.28. The van der Waals surface area contributed by atoms with Crippen LogP contribution in [0.1, 0.15) is 21.5 Å². The van der Waals surface area contributed by atoms with Gasteiger partial charge in [0.25, 0.3) is 5.91 Å². The van der Waals surface area contributed by atoms with Gasteiger partial charge in [-0.05, 0) is 42.0 Å². The van der Waals surface area contributed by atoms with E-state index in [0.717, 1.165) is 5.56 Å². The van der Waals surface area contributed by atoms with Crippen molar-refractivity contribution in [2.75, 3.05) is 16.0 Å². The molecule has 1 saturated heterocycles. The van der Waals surface area contributed by atoms with Crippen LogP contribution in [-0.4, -0.2) is 17.6 Å². The molecular formula is C20H15FN2O3S. The maximum Gasteiger partial charge on any atom is 0.291 e. The molecule has 0 bridgehead atoms. The fourth-order valence-corrected chi connectivity index (χ4v) is 4.08. The average molecular weight is 382 g/mol. The molecule has 1 aliphatic heterocycles. The zero-order valence-corrected chi connectivity index (χ0v) is 14.9. The molecule has 1 N–H and O–H groups in total. The molecule has 2 heterocycles. The van der Waals surface area contributed by atoms with Gasteiger partial charge in [0.05, 0.1) is 17.7 Å². The number of rotatable bonds is 4. The summed E-state index contributed by atoms with van der Waals surface area (Å²) >= 11 is 1.44. The molecule has 0 radical (unpaired) electrons. The molecule has 1 fully saturated rings. The predicted octanol–water partition coefficient (Wildman–Crippen LogP) is 4.45. The number of benzene rings is 2. The lowest BCUT2D eigenvalue weighted by atomic mass is 10.1. The lowest BCUT2D eigenvalue weighted by molar-refractivity contribution is -0.115. The topological polar surface area (TPSA) is 62.6 Å². The maximum atomic E-state index is 14.2. The van der Waals surface area contributed by atoms with Gasteiger partial charge in [0.15, 0.2) is 5.76 Å². The number of carbonyl (C=O) groups excluding carboxylic acids is 2. The molecule has 27 heavy (non-hydrogen) atoms. The van der Waals surface area contributed by atoms with E-state index in [0.29, 0.717) is 5.69 Å². The Balaban J connectivity index is 1.55. The molecule has 1 aromatic heterocycles. The van der Waals surface area contributed by atoms with E-state index in [1.165, 1.54) is 29.0 Å². The standard InChI is InChI=1S/C20H15FN2O3S/c21-15-4-1-2-5-16(15)23-18(24)12-27-20(23)13-7-9-14(10-8-13)22-19(25)17-6-3-11-26-17/h1-11,20H,12H2,(H,22,25)/t20-/m0/s1. The van der Waals surface area contributed by atoms with Crippen LogP contribution < -0.4 is 10.2 Å². The van der Waals surface area contributed by atoms with Gasteiger partial charge in [-0.25, -0.2) is 4.39 Å². The van der Waals surface area contributed by atoms with Crippen LogP contribution in [-0.2, 0) is 4.79 Å². The third kappa shape index (κ3) is 3.46. The molecule has 0 unspecified atom stereocenters. The first-order valence-corrected chi connectivity index (χ1v) is 9.31. The van der Waals surface area contributed by atoms with Gasteiger partial charge < -0.3 is 9.73 Å². The minimum absolute atomic E-state index is 0.134. The zero-order valence-electron chi connectivity index (χ0n) is 14.1. The number of amides is 2. The van der Waals surface area contributed by atoms with E-state index in [9.17, 15) is 14.0 Å². The molecule has 7 heteroatoms. The Morgan fingerprint density at radius 2 is 1.89 bits per heavy atom. The number of hydrogen-bond donors (Lipinski definition) is 1. The quantitative estimate of drug-likeness (QED) is 0.724. The summed E-state index contributed by atoms with van der Waals surface area (Å²) in [5.41, 5.74) is 1.73. The largest absolute Gasteiger partial charge is 0.459 e. The van der Waals surface area contributed by atoms with Crippen molar-refractivity contribution in [2.24, 2.45) is 0 Å². The molecule has 5 nitrogen and oxygen atoms in total. The van der Waals surface area contributed by atoms with Gasteiger partial charge in [-0.1, -0.05) is 24.3 Å². The van der Waals surface area contributed by atoms with Crippen molar-refractivity contribution in [1.29, 1.82) is 0 Å². The molecule has 0 aliphatic carbocycles. The number of anilines is 2. The third-order valence-corrected chi connectivity index (χ3v) is 5.39. The molecule has 136 valence electrons. The van der Waals surface area contributed by atoms with Crippen LogP contribution in [0.3, 0.4) is 0 Å². The summed E-state index contributed by atoms with van der Waals surface area (Å²) in [6.07, 6.45) is 1.43. The minimum atomic E-state index is -0.430. The Morgan fingerprint density at radius 1 is 1.11 bits per heavy atom. The average Bonchev–Trinajstić information content (AvgIpc) is 3.33. The first kappa shape index (κ1) is 17.4. The second-order valence-electron chi connectivity index (χ2n) is 5.93. The molecule has 2 aromatic carbocycles. The van der Waals surface area contributed by atoms with Crippen molar-refractivity contribution in [2.45, 2.75) is 5.37 Å². The fraction of sp³-hybridized carbons (Fsp3) is 0.100. The summed E-state index contributed by atoms with van der Waals surface area (Å²) in [6, 6.07) is 16.6. The monoisotopic (exact) mass is 382 g/mol. The van der Waals surface area contributed by atoms with Gasteiger partial charge >= 0.3 is 0 Å². The van der Waals surface area contributed by atoms with Gasteiger partial charge in [-0.3, -0.25) is 14.5 Å². The molecule has 2 amide bonds. The molecular weight excluding hydrogens is 367 g/mol. The number of halogens is 1. The molecule has 1 atom stereocenters. The van der Waals surface area contributed by atoms with E-state index in [1.807, 2.05) is 12.1 Å². The van der Waals surface area contributed by atoms with E-state index >= 15 is 0 Å². The summed E-state index contributed by atoms with van der Waals surface area (Å²) < 4.78 is 19.2. The van der Waals surface area contributed by atoms with Crippen molar-refractivity contribution in [3.63, 3.8) is 0 Å².